The summed E-state index contributed by atoms with van der Waals surface area (Å²) in [5.41, 5.74) is 0. The Balaban J connectivity index is 0.00000113. The number of piperazine rings is 1. The topological polar surface area (TPSA) is 48.5 Å². The molecule has 140 valence electrons. The number of aromatic nitrogens is 1. The highest BCUT2D eigenvalue weighted by molar-refractivity contribution is 5.85. The van der Waals surface area contributed by atoms with E-state index in [4.69, 9.17) is 0 Å². The summed E-state index contributed by atoms with van der Waals surface area (Å²) in [6.45, 7) is 3.43. The van der Waals surface area contributed by atoms with Crippen molar-refractivity contribution in [2.24, 2.45) is 5.92 Å². The van der Waals surface area contributed by atoms with Crippen LogP contribution in [0.15, 0.2) is 24.4 Å². The Labute approximate surface area is 162 Å². The van der Waals surface area contributed by atoms with Gasteiger partial charge in [0.2, 0.25) is 5.91 Å². The van der Waals surface area contributed by atoms with Crippen molar-refractivity contribution in [2.75, 3.05) is 31.1 Å². The van der Waals surface area contributed by atoms with Crippen LogP contribution in [-0.2, 0) is 4.79 Å². The average Bonchev–Trinajstić information content (AvgIpc) is 2.94. The van der Waals surface area contributed by atoms with E-state index in [-0.39, 0.29) is 24.8 Å². The standard InChI is InChI=1S/C18H26N4O.2ClH/c23-18(13-14-11-15-4-5-16(12-14)20-15)22-9-7-21(8-10-22)17-3-1-2-6-19-17;;/h1-3,6,14-16,20H,4-5,7-13H2;2*1H. The summed E-state index contributed by atoms with van der Waals surface area (Å²) in [6, 6.07) is 7.35. The van der Waals surface area contributed by atoms with E-state index in [9.17, 15) is 4.79 Å². The van der Waals surface area contributed by atoms with E-state index in [1.165, 1.54) is 25.7 Å². The quantitative estimate of drug-likeness (QED) is 0.866. The minimum atomic E-state index is 0. The summed E-state index contributed by atoms with van der Waals surface area (Å²) in [4.78, 5) is 21.4. The smallest absolute Gasteiger partial charge is 0.222 e. The van der Waals surface area contributed by atoms with Crippen LogP contribution in [-0.4, -0.2) is 54.1 Å². The fraction of sp³-hybridized carbons (Fsp3) is 0.667. The normalized spacial score (nSPS) is 28.1. The molecule has 1 N–H and O–H groups in total. The number of rotatable bonds is 3. The Morgan fingerprint density at radius 2 is 1.76 bits per heavy atom. The molecule has 1 amide bonds. The fourth-order valence-corrected chi connectivity index (χ4v) is 4.44. The van der Waals surface area contributed by atoms with E-state index in [1.807, 2.05) is 24.4 Å². The number of nitrogens with zero attached hydrogens (tertiary/aromatic N) is 3. The Kier molecular flexibility index (Phi) is 7.35. The van der Waals surface area contributed by atoms with Gasteiger partial charge in [0.1, 0.15) is 5.82 Å². The maximum atomic E-state index is 12.6. The first kappa shape index (κ1) is 20.3. The second-order valence-corrected chi connectivity index (χ2v) is 7.24. The Hall–Kier alpha value is -1.04. The zero-order valence-electron chi connectivity index (χ0n) is 14.5. The highest BCUT2D eigenvalue weighted by atomic mass is 35.5. The van der Waals surface area contributed by atoms with E-state index in [2.05, 4.69) is 20.1 Å². The van der Waals surface area contributed by atoms with Crippen LogP contribution in [0.3, 0.4) is 0 Å². The van der Waals surface area contributed by atoms with Gasteiger partial charge in [0.05, 0.1) is 0 Å². The van der Waals surface area contributed by atoms with Crippen LogP contribution in [0.25, 0.3) is 0 Å². The number of amides is 1. The lowest BCUT2D eigenvalue weighted by Crippen LogP contribution is -2.49. The van der Waals surface area contributed by atoms with Crippen molar-refractivity contribution < 1.29 is 4.79 Å². The fourth-order valence-electron chi connectivity index (χ4n) is 4.44. The molecule has 0 aliphatic carbocycles. The van der Waals surface area contributed by atoms with Crippen molar-refractivity contribution >= 4 is 36.5 Å². The molecule has 0 spiro atoms. The predicted octanol–water partition coefficient (Wildman–Crippen LogP) is 2.49. The zero-order valence-corrected chi connectivity index (χ0v) is 16.1. The number of carbonyl (C=O) groups excluding carboxylic acids is 1. The van der Waals surface area contributed by atoms with Gasteiger partial charge in [-0.3, -0.25) is 4.79 Å². The average molecular weight is 387 g/mol. The van der Waals surface area contributed by atoms with Gasteiger partial charge in [-0.25, -0.2) is 4.98 Å². The van der Waals surface area contributed by atoms with Gasteiger partial charge in [0.25, 0.3) is 0 Å². The molecule has 2 unspecified atom stereocenters. The minimum absolute atomic E-state index is 0. The number of piperidine rings is 1. The van der Waals surface area contributed by atoms with Gasteiger partial charge < -0.3 is 15.1 Å². The van der Waals surface area contributed by atoms with Gasteiger partial charge in [-0.2, -0.15) is 0 Å². The lowest BCUT2D eigenvalue weighted by atomic mass is 9.89. The molecule has 0 aromatic carbocycles. The summed E-state index contributed by atoms with van der Waals surface area (Å²) in [5.74, 6) is 1.97. The molecule has 0 radical (unpaired) electrons. The molecule has 5 nitrogen and oxygen atoms in total. The number of anilines is 1. The third-order valence-corrected chi connectivity index (χ3v) is 5.64. The summed E-state index contributed by atoms with van der Waals surface area (Å²) < 4.78 is 0. The Bertz CT molecular complexity index is 539. The Morgan fingerprint density at radius 3 is 2.36 bits per heavy atom. The van der Waals surface area contributed by atoms with Gasteiger partial charge in [0.15, 0.2) is 0 Å². The highest BCUT2D eigenvalue weighted by Gasteiger charge is 2.35. The van der Waals surface area contributed by atoms with Gasteiger partial charge in [-0.05, 0) is 43.7 Å². The van der Waals surface area contributed by atoms with Crippen LogP contribution in [0.4, 0.5) is 5.82 Å². The lowest BCUT2D eigenvalue weighted by Gasteiger charge is -2.37. The molecule has 25 heavy (non-hydrogen) atoms. The van der Waals surface area contributed by atoms with E-state index in [0.717, 1.165) is 38.4 Å². The molecule has 3 saturated heterocycles. The maximum Gasteiger partial charge on any atom is 0.222 e. The summed E-state index contributed by atoms with van der Waals surface area (Å²) in [6.07, 6.45) is 7.57. The monoisotopic (exact) mass is 386 g/mol. The number of hydrogen-bond acceptors (Lipinski definition) is 4. The van der Waals surface area contributed by atoms with E-state index >= 15 is 0 Å². The molecule has 0 saturated carbocycles. The third kappa shape index (κ3) is 4.78. The molecular formula is C18H28Cl2N4O. The van der Waals surface area contributed by atoms with Crippen molar-refractivity contribution in [1.29, 1.82) is 0 Å². The second kappa shape index (κ2) is 9.06. The van der Waals surface area contributed by atoms with Crippen molar-refractivity contribution in [1.82, 2.24) is 15.2 Å². The molecular weight excluding hydrogens is 359 g/mol. The molecule has 3 aliphatic rings. The third-order valence-electron chi connectivity index (χ3n) is 5.64. The minimum Gasteiger partial charge on any atom is -0.353 e. The molecule has 1 aromatic heterocycles. The predicted molar refractivity (Wildman–Crippen MR) is 105 cm³/mol. The Morgan fingerprint density at radius 1 is 1.08 bits per heavy atom. The summed E-state index contributed by atoms with van der Waals surface area (Å²) in [7, 11) is 0. The van der Waals surface area contributed by atoms with Crippen molar-refractivity contribution in [3.8, 4) is 0 Å². The molecule has 2 bridgehead atoms. The number of hydrogen-bond donors (Lipinski definition) is 1. The van der Waals surface area contributed by atoms with Crippen molar-refractivity contribution in [3.63, 3.8) is 0 Å². The number of pyridine rings is 1. The number of fused-ring (bicyclic) bond motifs is 2. The summed E-state index contributed by atoms with van der Waals surface area (Å²) in [5, 5.41) is 3.66. The maximum absolute atomic E-state index is 12.6. The summed E-state index contributed by atoms with van der Waals surface area (Å²) >= 11 is 0. The van der Waals surface area contributed by atoms with Gasteiger partial charge >= 0.3 is 0 Å². The number of nitrogens with one attached hydrogen (secondary N) is 1. The largest absolute Gasteiger partial charge is 0.353 e. The molecule has 7 heteroatoms. The van der Waals surface area contributed by atoms with Crippen LogP contribution in [0.5, 0.6) is 0 Å². The molecule has 3 aliphatic heterocycles. The molecule has 4 heterocycles. The lowest BCUT2D eigenvalue weighted by molar-refractivity contribution is -0.132. The number of carbonyl (C=O) groups is 1. The first-order chi connectivity index (χ1) is 11.3. The first-order valence-electron chi connectivity index (χ1n) is 8.98. The van der Waals surface area contributed by atoms with Crippen molar-refractivity contribution in [3.05, 3.63) is 24.4 Å². The highest BCUT2D eigenvalue weighted by Crippen LogP contribution is 2.33. The van der Waals surface area contributed by atoms with Gasteiger partial charge in [-0.1, -0.05) is 6.07 Å². The first-order valence-corrected chi connectivity index (χ1v) is 8.98. The van der Waals surface area contributed by atoms with Gasteiger partial charge in [0, 0.05) is 50.9 Å². The molecule has 2 atom stereocenters. The zero-order chi connectivity index (χ0) is 15.6. The van der Waals surface area contributed by atoms with Crippen LogP contribution < -0.4 is 10.2 Å². The molecule has 3 fully saturated rings. The van der Waals surface area contributed by atoms with Crippen LogP contribution in [0, 0.1) is 5.92 Å². The van der Waals surface area contributed by atoms with Gasteiger partial charge in [-0.15, -0.1) is 24.8 Å². The van der Waals surface area contributed by atoms with E-state index in [0.29, 0.717) is 23.9 Å². The molecule has 4 rings (SSSR count). The van der Waals surface area contributed by atoms with Crippen LogP contribution in [0.2, 0.25) is 0 Å². The second-order valence-electron chi connectivity index (χ2n) is 7.24. The number of halogens is 2. The van der Waals surface area contributed by atoms with E-state index < -0.39 is 0 Å². The van der Waals surface area contributed by atoms with Crippen molar-refractivity contribution in [2.45, 2.75) is 44.2 Å². The SMILES string of the molecule is Cl.Cl.O=C(CC1CC2CCC(C1)N2)N1CCN(c2ccccn2)CC1. The van der Waals surface area contributed by atoms with Crippen LogP contribution >= 0.6 is 24.8 Å². The molecule has 1 aromatic rings. The van der Waals surface area contributed by atoms with E-state index in [1.54, 1.807) is 0 Å². The van der Waals surface area contributed by atoms with Crippen LogP contribution in [0.1, 0.15) is 32.1 Å².